The van der Waals surface area contributed by atoms with Crippen LogP contribution in [0.2, 0.25) is 0 Å². The summed E-state index contributed by atoms with van der Waals surface area (Å²) in [7, 11) is 1.59. The number of hydrogen-bond acceptors (Lipinski definition) is 5. The first-order valence-corrected chi connectivity index (χ1v) is 10.4. The maximum atomic E-state index is 15.0. The highest BCUT2D eigenvalue weighted by molar-refractivity contribution is 5.85. The molecule has 1 aromatic heterocycles. The van der Waals surface area contributed by atoms with Crippen LogP contribution in [0.4, 0.5) is 14.7 Å². The molecule has 164 valence electrons. The first-order chi connectivity index (χ1) is 16.1. The topological polar surface area (TPSA) is 61.2 Å². The fraction of sp³-hybridized carbons (Fsp3) is 0.120. The minimum atomic E-state index is -0.748. The molecule has 3 aromatic carbocycles. The number of nitrogens with one attached hydrogen (secondary N) is 1. The van der Waals surface area contributed by atoms with Crippen LogP contribution < -0.4 is 14.8 Å². The number of rotatable bonds is 3. The standard InChI is InChI=1S/C25H18F2N4O2/c1-32-16-10-11-20-18(12-16)22-21(24(33-20)17-4-2-3-5-19(17)27)23(14-6-8-15(26)9-7-14)31-25(30-22)28-13-29-31/h2-13,23-24H,1H3,(H,28,29,30)/t23-,24-/m1/s1. The summed E-state index contributed by atoms with van der Waals surface area (Å²) in [6.07, 6.45) is 0.699. The van der Waals surface area contributed by atoms with Crippen molar-refractivity contribution in [2.24, 2.45) is 0 Å². The van der Waals surface area contributed by atoms with Crippen LogP contribution in [0.25, 0.3) is 5.70 Å². The van der Waals surface area contributed by atoms with Crippen molar-refractivity contribution in [2.45, 2.75) is 12.1 Å². The second-order valence-corrected chi connectivity index (χ2v) is 7.82. The van der Waals surface area contributed by atoms with Gasteiger partial charge in [0.1, 0.15) is 35.5 Å². The minimum Gasteiger partial charge on any atom is -0.497 e. The second kappa shape index (κ2) is 7.44. The Kier molecular flexibility index (Phi) is 4.39. The highest BCUT2D eigenvalue weighted by atomic mass is 19.1. The molecule has 0 spiro atoms. The molecule has 0 saturated heterocycles. The molecule has 0 bridgehead atoms. The van der Waals surface area contributed by atoms with E-state index < -0.39 is 12.1 Å². The molecule has 3 heterocycles. The van der Waals surface area contributed by atoms with Crippen LogP contribution in [0, 0.1) is 11.6 Å². The van der Waals surface area contributed by atoms with Crippen molar-refractivity contribution in [2.75, 3.05) is 12.4 Å². The average Bonchev–Trinajstić information content (AvgIpc) is 3.31. The molecular weight excluding hydrogens is 426 g/mol. The van der Waals surface area contributed by atoms with Crippen molar-refractivity contribution in [3.63, 3.8) is 0 Å². The molecule has 0 saturated carbocycles. The molecule has 0 fully saturated rings. The summed E-state index contributed by atoms with van der Waals surface area (Å²) in [6.45, 7) is 0. The number of anilines is 1. The molecule has 1 N–H and O–H groups in total. The molecule has 2 atom stereocenters. The number of fused-ring (bicyclic) bond motifs is 3. The van der Waals surface area contributed by atoms with Gasteiger partial charge in [-0.2, -0.15) is 10.1 Å². The Balaban J connectivity index is 1.65. The molecular formula is C25H18F2N4O2. The summed E-state index contributed by atoms with van der Waals surface area (Å²) in [5.41, 5.74) is 3.40. The number of nitrogens with zero attached hydrogens (tertiary/aromatic N) is 3. The van der Waals surface area contributed by atoms with Gasteiger partial charge in [0.2, 0.25) is 5.95 Å². The highest BCUT2D eigenvalue weighted by Gasteiger charge is 2.41. The fourth-order valence-electron chi connectivity index (χ4n) is 4.49. The number of benzene rings is 3. The van der Waals surface area contributed by atoms with Gasteiger partial charge in [-0.15, -0.1) is 0 Å². The summed E-state index contributed by atoms with van der Waals surface area (Å²) in [4.78, 5) is 4.36. The van der Waals surface area contributed by atoms with Crippen molar-refractivity contribution in [1.82, 2.24) is 14.8 Å². The number of methoxy groups -OCH3 is 1. The van der Waals surface area contributed by atoms with Gasteiger partial charge >= 0.3 is 0 Å². The maximum absolute atomic E-state index is 15.0. The molecule has 6 nitrogen and oxygen atoms in total. The van der Waals surface area contributed by atoms with Gasteiger partial charge in [-0.3, -0.25) is 0 Å². The predicted molar refractivity (Wildman–Crippen MR) is 118 cm³/mol. The second-order valence-electron chi connectivity index (χ2n) is 7.82. The minimum absolute atomic E-state index is 0.346. The van der Waals surface area contributed by atoms with Crippen LogP contribution in [0.5, 0.6) is 11.5 Å². The lowest BCUT2D eigenvalue weighted by Crippen LogP contribution is -2.32. The Morgan fingerprint density at radius 1 is 1.03 bits per heavy atom. The Hall–Kier alpha value is -4.20. The molecule has 0 amide bonds. The van der Waals surface area contributed by atoms with E-state index in [0.29, 0.717) is 23.0 Å². The van der Waals surface area contributed by atoms with Gasteiger partial charge in [0, 0.05) is 16.7 Å². The summed E-state index contributed by atoms with van der Waals surface area (Å²) >= 11 is 0. The Labute approximate surface area is 188 Å². The molecule has 33 heavy (non-hydrogen) atoms. The van der Waals surface area contributed by atoms with E-state index in [0.717, 1.165) is 22.4 Å². The van der Waals surface area contributed by atoms with Crippen molar-refractivity contribution in [3.8, 4) is 11.5 Å². The molecule has 0 radical (unpaired) electrons. The zero-order chi connectivity index (χ0) is 22.5. The van der Waals surface area contributed by atoms with Crippen LogP contribution in [0.1, 0.15) is 28.8 Å². The molecule has 0 unspecified atom stereocenters. The third-order valence-corrected chi connectivity index (χ3v) is 5.99. The van der Waals surface area contributed by atoms with Crippen molar-refractivity contribution in [1.29, 1.82) is 0 Å². The summed E-state index contributed by atoms with van der Waals surface area (Å²) < 4.78 is 42.3. The molecule has 4 aromatic rings. The molecule has 6 rings (SSSR count). The Morgan fingerprint density at radius 3 is 2.64 bits per heavy atom. The van der Waals surface area contributed by atoms with Gasteiger partial charge < -0.3 is 14.8 Å². The van der Waals surface area contributed by atoms with Crippen LogP contribution >= 0.6 is 0 Å². The monoisotopic (exact) mass is 444 g/mol. The van der Waals surface area contributed by atoms with Crippen LogP contribution in [-0.4, -0.2) is 21.9 Å². The van der Waals surface area contributed by atoms with E-state index in [9.17, 15) is 4.39 Å². The fourth-order valence-corrected chi connectivity index (χ4v) is 4.49. The number of hydrogen-bond donors (Lipinski definition) is 1. The molecule has 2 aliphatic heterocycles. The van der Waals surface area contributed by atoms with E-state index in [4.69, 9.17) is 9.47 Å². The Morgan fingerprint density at radius 2 is 1.85 bits per heavy atom. The first-order valence-electron chi connectivity index (χ1n) is 10.4. The quantitative estimate of drug-likeness (QED) is 0.475. The zero-order valence-electron chi connectivity index (χ0n) is 17.5. The van der Waals surface area contributed by atoms with Gasteiger partial charge in [0.15, 0.2) is 6.10 Å². The van der Waals surface area contributed by atoms with Gasteiger partial charge in [-0.25, -0.2) is 13.5 Å². The van der Waals surface area contributed by atoms with E-state index >= 15 is 4.39 Å². The SMILES string of the molecule is COc1ccc2c(c1)C1=C([C@@H](c3ccccc3F)O2)[C@@H](c2ccc(F)cc2)n2ncnc2N1. The van der Waals surface area contributed by atoms with E-state index in [1.807, 2.05) is 6.07 Å². The summed E-state index contributed by atoms with van der Waals surface area (Å²) in [5.74, 6) is 1.03. The molecule has 0 aliphatic carbocycles. The third kappa shape index (κ3) is 3.06. The number of aromatic nitrogens is 3. The van der Waals surface area contributed by atoms with Gasteiger partial charge in [-0.1, -0.05) is 30.3 Å². The first kappa shape index (κ1) is 19.5. The lowest BCUT2D eigenvalue weighted by Gasteiger charge is -2.39. The van der Waals surface area contributed by atoms with Crippen molar-refractivity contribution >= 4 is 11.6 Å². The summed E-state index contributed by atoms with van der Waals surface area (Å²) in [6, 6.07) is 17.7. The predicted octanol–water partition coefficient (Wildman–Crippen LogP) is 5.12. The largest absolute Gasteiger partial charge is 0.497 e. The van der Waals surface area contributed by atoms with Crippen molar-refractivity contribution in [3.05, 3.63) is 107 Å². The van der Waals surface area contributed by atoms with Crippen LogP contribution in [0.3, 0.4) is 0 Å². The van der Waals surface area contributed by atoms with E-state index in [1.54, 1.807) is 54.3 Å². The van der Waals surface area contributed by atoms with Crippen molar-refractivity contribution < 1.29 is 18.3 Å². The Bertz CT molecular complexity index is 1400. The maximum Gasteiger partial charge on any atom is 0.226 e. The van der Waals surface area contributed by atoms with Gasteiger partial charge in [0.25, 0.3) is 0 Å². The third-order valence-electron chi connectivity index (χ3n) is 5.99. The average molecular weight is 444 g/mol. The normalized spacial score (nSPS) is 18.5. The lowest BCUT2D eigenvalue weighted by atomic mass is 9.84. The van der Waals surface area contributed by atoms with E-state index in [1.165, 1.54) is 24.5 Å². The molecule has 2 aliphatic rings. The lowest BCUT2D eigenvalue weighted by molar-refractivity contribution is 0.217. The number of halogens is 2. The zero-order valence-corrected chi connectivity index (χ0v) is 17.5. The van der Waals surface area contributed by atoms with E-state index in [2.05, 4.69) is 15.4 Å². The number of ether oxygens (including phenoxy) is 2. The van der Waals surface area contributed by atoms with Gasteiger partial charge in [-0.05, 0) is 42.0 Å². The van der Waals surface area contributed by atoms with E-state index in [-0.39, 0.29) is 11.6 Å². The van der Waals surface area contributed by atoms with Crippen LogP contribution in [0.15, 0.2) is 78.6 Å². The highest BCUT2D eigenvalue weighted by Crippen LogP contribution is 2.51. The smallest absolute Gasteiger partial charge is 0.226 e. The summed E-state index contributed by atoms with van der Waals surface area (Å²) in [5, 5.41) is 7.76. The van der Waals surface area contributed by atoms with Gasteiger partial charge in [0.05, 0.1) is 12.8 Å². The molecule has 8 heteroatoms. The van der Waals surface area contributed by atoms with Crippen LogP contribution in [-0.2, 0) is 0 Å².